The Morgan fingerprint density at radius 1 is 1.40 bits per heavy atom. The maximum absolute atomic E-state index is 10.0. The summed E-state index contributed by atoms with van der Waals surface area (Å²) in [4.78, 5) is 4.30. The van der Waals surface area contributed by atoms with E-state index < -0.39 is 0 Å². The fraction of sp³-hybridized carbons (Fsp3) is 0.750. The third-order valence-electron chi connectivity index (χ3n) is 2.63. The van der Waals surface area contributed by atoms with Crippen LogP contribution in [0.15, 0.2) is 12.4 Å². The number of nitrogens with zero attached hydrogens (tertiary/aromatic N) is 2. The molecule has 0 saturated carbocycles. The van der Waals surface area contributed by atoms with Crippen LogP contribution in [0.2, 0.25) is 0 Å². The van der Waals surface area contributed by atoms with Gasteiger partial charge in [-0.05, 0) is 5.41 Å². The zero-order valence-corrected chi connectivity index (χ0v) is 10.4. The third kappa shape index (κ3) is 3.06. The van der Waals surface area contributed by atoms with Crippen molar-refractivity contribution in [1.82, 2.24) is 9.55 Å². The number of aromatic nitrogens is 2. The Morgan fingerprint density at radius 3 is 2.47 bits per heavy atom. The molecule has 3 nitrogen and oxygen atoms in total. The van der Waals surface area contributed by atoms with Crippen LogP contribution in [0.3, 0.4) is 0 Å². The monoisotopic (exact) mass is 210 g/mol. The number of rotatable bonds is 3. The van der Waals surface area contributed by atoms with Crippen LogP contribution in [-0.2, 0) is 6.54 Å². The second-order valence-corrected chi connectivity index (χ2v) is 5.47. The minimum Gasteiger partial charge on any atom is -0.391 e. The molecule has 15 heavy (non-hydrogen) atoms. The van der Waals surface area contributed by atoms with Gasteiger partial charge < -0.3 is 9.67 Å². The molecule has 1 N–H and O–H groups in total. The van der Waals surface area contributed by atoms with Gasteiger partial charge in [0.15, 0.2) is 0 Å². The maximum atomic E-state index is 10.0. The highest BCUT2D eigenvalue weighted by molar-refractivity contribution is 4.98. The van der Waals surface area contributed by atoms with Crippen molar-refractivity contribution in [2.75, 3.05) is 0 Å². The number of imidazole rings is 1. The summed E-state index contributed by atoms with van der Waals surface area (Å²) in [6, 6.07) is 0. The van der Waals surface area contributed by atoms with Crippen LogP contribution >= 0.6 is 0 Å². The molecule has 0 aliphatic rings. The summed E-state index contributed by atoms with van der Waals surface area (Å²) < 4.78 is 2.04. The highest BCUT2D eigenvalue weighted by Gasteiger charge is 2.23. The van der Waals surface area contributed by atoms with Crippen LogP contribution in [-0.4, -0.2) is 20.8 Å². The molecule has 1 unspecified atom stereocenters. The maximum Gasteiger partial charge on any atom is 0.111 e. The molecule has 1 atom stereocenters. The summed E-state index contributed by atoms with van der Waals surface area (Å²) in [6.45, 7) is 11.0. The molecule has 3 heteroatoms. The number of aliphatic hydroxyl groups is 1. The Balaban J connectivity index is 2.77. The van der Waals surface area contributed by atoms with Crippen LogP contribution < -0.4 is 0 Å². The normalized spacial score (nSPS) is 14.6. The number of aliphatic hydroxyl groups excluding tert-OH is 1. The summed E-state index contributed by atoms with van der Waals surface area (Å²) >= 11 is 0. The van der Waals surface area contributed by atoms with Gasteiger partial charge in [0.2, 0.25) is 0 Å². The lowest BCUT2D eigenvalue weighted by atomic mass is 9.89. The molecular weight excluding hydrogens is 188 g/mol. The predicted molar refractivity (Wildman–Crippen MR) is 61.8 cm³/mol. The van der Waals surface area contributed by atoms with E-state index in [4.69, 9.17) is 0 Å². The molecule has 0 fully saturated rings. The molecular formula is C12H22N2O. The molecule has 0 amide bonds. The van der Waals surface area contributed by atoms with Gasteiger partial charge in [0.25, 0.3) is 0 Å². The Labute approximate surface area is 92.1 Å². The van der Waals surface area contributed by atoms with Gasteiger partial charge in [-0.2, -0.15) is 0 Å². The minimum atomic E-state index is -0.343. The van der Waals surface area contributed by atoms with Gasteiger partial charge in [0, 0.05) is 18.3 Å². The highest BCUT2D eigenvalue weighted by Crippen LogP contribution is 2.22. The number of hydrogen-bond donors (Lipinski definition) is 1. The second-order valence-electron chi connectivity index (χ2n) is 5.47. The zero-order chi connectivity index (χ0) is 11.6. The van der Waals surface area contributed by atoms with Crippen LogP contribution in [0.4, 0.5) is 0 Å². The molecule has 1 heterocycles. The van der Waals surface area contributed by atoms with Crippen LogP contribution in [0.1, 0.15) is 46.4 Å². The Kier molecular flexibility index (Phi) is 3.55. The average molecular weight is 210 g/mol. The van der Waals surface area contributed by atoms with Gasteiger partial charge in [-0.25, -0.2) is 4.98 Å². The van der Waals surface area contributed by atoms with Crippen molar-refractivity contribution >= 4 is 0 Å². The SMILES string of the molecule is CC(C)c1nccn1CC(O)C(C)(C)C. The fourth-order valence-corrected chi connectivity index (χ4v) is 1.44. The molecule has 0 bridgehead atoms. The summed E-state index contributed by atoms with van der Waals surface area (Å²) in [6.07, 6.45) is 3.39. The third-order valence-corrected chi connectivity index (χ3v) is 2.63. The van der Waals surface area contributed by atoms with E-state index >= 15 is 0 Å². The van der Waals surface area contributed by atoms with E-state index in [9.17, 15) is 5.11 Å². The summed E-state index contributed by atoms with van der Waals surface area (Å²) in [5, 5.41) is 10.0. The quantitative estimate of drug-likeness (QED) is 0.832. The molecule has 0 aliphatic carbocycles. The summed E-state index contributed by atoms with van der Waals surface area (Å²) in [7, 11) is 0. The molecule has 0 spiro atoms. The van der Waals surface area contributed by atoms with E-state index in [-0.39, 0.29) is 11.5 Å². The number of hydrogen-bond acceptors (Lipinski definition) is 2. The molecule has 0 radical (unpaired) electrons. The Bertz CT molecular complexity index is 310. The van der Waals surface area contributed by atoms with Crippen molar-refractivity contribution in [3.8, 4) is 0 Å². The molecule has 1 rings (SSSR count). The lowest BCUT2D eigenvalue weighted by molar-refractivity contribution is 0.0472. The fourth-order valence-electron chi connectivity index (χ4n) is 1.44. The van der Waals surface area contributed by atoms with Crippen molar-refractivity contribution < 1.29 is 5.11 Å². The molecule has 0 aromatic carbocycles. The van der Waals surface area contributed by atoms with E-state index in [0.717, 1.165) is 5.82 Å². The standard InChI is InChI=1S/C12H22N2O/c1-9(2)11-13-6-7-14(11)8-10(15)12(3,4)5/h6-7,9-10,15H,8H2,1-5H3. The first-order valence-corrected chi connectivity index (χ1v) is 5.51. The smallest absolute Gasteiger partial charge is 0.111 e. The molecule has 0 saturated heterocycles. The molecule has 1 aromatic heterocycles. The van der Waals surface area contributed by atoms with E-state index in [1.165, 1.54) is 0 Å². The van der Waals surface area contributed by atoms with Crippen molar-refractivity contribution in [1.29, 1.82) is 0 Å². The van der Waals surface area contributed by atoms with Gasteiger partial charge in [-0.3, -0.25) is 0 Å². The van der Waals surface area contributed by atoms with Crippen molar-refractivity contribution in [2.45, 2.75) is 53.2 Å². The Morgan fingerprint density at radius 2 is 2.00 bits per heavy atom. The van der Waals surface area contributed by atoms with Crippen molar-refractivity contribution in [3.63, 3.8) is 0 Å². The highest BCUT2D eigenvalue weighted by atomic mass is 16.3. The van der Waals surface area contributed by atoms with Crippen molar-refractivity contribution in [2.24, 2.45) is 5.41 Å². The van der Waals surface area contributed by atoms with Crippen LogP contribution in [0.5, 0.6) is 0 Å². The lowest BCUT2D eigenvalue weighted by Gasteiger charge is -2.27. The van der Waals surface area contributed by atoms with Crippen LogP contribution in [0, 0.1) is 5.41 Å². The van der Waals surface area contributed by atoms with E-state index in [1.54, 1.807) is 6.20 Å². The first kappa shape index (κ1) is 12.2. The largest absolute Gasteiger partial charge is 0.391 e. The second kappa shape index (κ2) is 4.35. The first-order valence-electron chi connectivity index (χ1n) is 5.51. The van der Waals surface area contributed by atoms with Gasteiger partial charge in [-0.1, -0.05) is 34.6 Å². The minimum absolute atomic E-state index is 0.0848. The van der Waals surface area contributed by atoms with E-state index in [1.807, 2.05) is 31.5 Å². The molecule has 86 valence electrons. The first-order chi connectivity index (χ1) is 6.82. The average Bonchev–Trinajstić information content (AvgIpc) is 2.50. The van der Waals surface area contributed by atoms with Crippen molar-refractivity contribution in [3.05, 3.63) is 18.2 Å². The summed E-state index contributed by atoms with van der Waals surface area (Å²) in [5.74, 6) is 1.44. The van der Waals surface area contributed by atoms with Gasteiger partial charge >= 0.3 is 0 Å². The Hall–Kier alpha value is -0.830. The van der Waals surface area contributed by atoms with E-state index in [2.05, 4.69) is 18.8 Å². The zero-order valence-electron chi connectivity index (χ0n) is 10.4. The molecule has 1 aromatic rings. The van der Waals surface area contributed by atoms with Gasteiger partial charge in [0.1, 0.15) is 5.82 Å². The molecule has 0 aliphatic heterocycles. The lowest BCUT2D eigenvalue weighted by Crippen LogP contribution is -2.31. The van der Waals surface area contributed by atoms with Crippen LogP contribution in [0.25, 0.3) is 0 Å². The predicted octanol–water partition coefficient (Wildman–Crippen LogP) is 2.41. The van der Waals surface area contributed by atoms with E-state index in [0.29, 0.717) is 12.5 Å². The van der Waals surface area contributed by atoms with Gasteiger partial charge in [0.05, 0.1) is 12.6 Å². The summed E-state index contributed by atoms with van der Waals surface area (Å²) in [5.41, 5.74) is -0.0848. The topological polar surface area (TPSA) is 38.0 Å². The van der Waals surface area contributed by atoms with Gasteiger partial charge in [-0.15, -0.1) is 0 Å².